The molecule has 0 unspecified atom stereocenters. The van der Waals surface area contributed by atoms with Crippen molar-refractivity contribution in [3.05, 3.63) is 84.1 Å². The number of aryl methyl sites for hydroxylation is 2. The van der Waals surface area contributed by atoms with Gasteiger partial charge in [0.1, 0.15) is 23.0 Å². The Bertz CT molecular complexity index is 1540. The normalized spacial score (nSPS) is 20.2. The van der Waals surface area contributed by atoms with Crippen LogP contribution in [-0.4, -0.2) is 11.7 Å². The Morgan fingerprint density at radius 3 is 2.45 bits per heavy atom. The van der Waals surface area contributed by atoms with Gasteiger partial charge in [-0.25, -0.2) is 0 Å². The van der Waals surface area contributed by atoms with E-state index in [1.54, 1.807) is 6.07 Å². The first-order valence-electron chi connectivity index (χ1n) is 12.6. The largest absolute Gasteiger partial charge is 0.458 e. The second-order valence-electron chi connectivity index (χ2n) is 8.04. The second kappa shape index (κ2) is 6.48. The number of hydrogen-bond acceptors (Lipinski definition) is 3. The molecule has 3 heterocycles. The molecule has 0 radical (unpaired) electrons. The Balaban J connectivity index is 1.44. The molecular weight excluding hydrogens is 381 g/mol. The van der Waals surface area contributed by atoms with E-state index in [9.17, 15) is 0 Å². The van der Waals surface area contributed by atoms with Crippen LogP contribution in [0, 0.1) is 0 Å². The summed E-state index contributed by atoms with van der Waals surface area (Å²) < 4.78 is 46.4. The van der Waals surface area contributed by atoms with E-state index in [4.69, 9.17) is 15.0 Å². The summed E-state index contributed by atoms with van der Waals surface area (Å²) in [5.74, 6) is 3.02. The molecule has 1 aromatic heterocycles. The van der Waals surface area contributed by atoms with Crippen molar-refractivity contribution < 1.29 is 15.0 Å². The molecular formula is C27H20BNO2. The van der Waals surface area contributed by atoms with Gasteiger partial charge in [0.25, 0.3) is 6.71 Å². The van der Waals surface area contributed by atoms with E-state index in [1.807, 2.05) is 48.5 Å². The lowest BCUT2D eigenvalue weighted by molar-refractivity contribution is 0.465. The fourth-order valence-corrected chi connectivity index (χ4v) is 4.89. The van der Waals surface area contributed by atoms with Crippen LogP contribution in [0.4, 0.5) is 0 Å². The third-order valence-corrected chi connectivity index (χ3v) is 6.27. The molecule has 0 bridgehead atoms. The molecule has 0 fully saturated rings. The maximum absolute atomic E-state index is 8.53. The minimum Gasteiger partial charge on any atom is -0.458 e. The Labute approximate surface area is 187 Å². The average molecular weight is 405 g/mol. The van der Waals surface area contributed by atoms with Crippen LogP contribution in [0.2, 0.25) is 0 Å². The minimum atomic E-state index is -1.62. The first-order chi connectivity index (χ1) is 16.8. The van der Waals surface area contributed by atoms with Crippen molar-refractivity contribution in [1.82, 2.24) is 4.98 Å². The number of fused-ring (bicyclic) bond motifs is 5. The van der Waals surface area contributed by atoms with E-state index in [0.29, 0.717) is 22.6 Å². The maximum Gasteiger partial charge on any atom is 0.260 e. The standard InChI is InChI=1S/C27H20BNO2/c1-2-8-18-16-29-22(15-17(18)7-1)19-9-5-11-21-27(19)31-25-14-6-13-24-26(25)28(21)20-10-3-4-12-23(20)30-24/h3-6,9-16H,1-2,7-8H2/i7D2,8D2. The highest BCUT2D eigenvalue weighted by Crippen LogP contribution is 2.38. The van der Waals surface area contributed by atoms with Crippen LogP contribution in [-0.2, 0) is 12.7 Å². The molecule has 148 valence electrons. The molecule has 0 atom stereocenters. The summed E-state index contributed by atoms with van der Waals surface area (Å²) in [6.45, 7) is -0.0620. The average Bonchev–Trinajstić information content (AvgIpc) is 2.86. The summed E-state index contributed by atoms with van der Waals surface area (Å²) >= 11 is 0. The molecule has 31 heavy (non-hydrogen) atoms. The number of rotatable bonds is 1. The van der Waals surface area contributed by atoms with E-state index < -0.39 is 12.7 Å². The Hall–Kier alpha value is -3.53. The number of aromatic nitrogens is 1. The number of hydrogen-bond donors (Lipinski definition) is 0. The lowest BCUT2D eigenvalue weighted by atomic mass is 9.34. The van der Waals surface area contributed by atoms with E-state index in [0.717, 1.165) is 39.2 Å². The number of benzene rings is 3. The lowest BCUT2D eigenvalue weighted by Gasteiger charge is -2.33. The maximum atomic E-state index is 8.53. The first kappa shape index (κ1) is 13.7. The molecule has 2 aliphatic heterocycles. The Kier molecular flexibility index (Phi) is 2.87. The molecule has 0 saturated heterocycles. The molecule has 0 spiro atoms. The van der Waals surface area contributed by atoms with Crippen molar-refractivity contribution in [1.29, 1.82) is 0 Å². The molecule has 4 heteroatoms. The molecule has 3 aliphatic rings. The number of nitrogens with zero attached hydrogens (tertiary/aromatic N) is 1. The lowest BCUT2D eigenvalue weighted by Crippen LogP contribution is -2.57. The van der Waals surface area contributed by atoms with Gasteiger partial charge in [0, 0.05) is 22.7 Å². The zero-order chi connectivity index (χ0) is 23.9. The second-order valence-corrected chi connectivity index (χ2v) is 8.04. The molecule has 0 saturated carbocycles. The van der Waals surface area contributed by atoms with Gasteiger partial charge in [0.05, 0.1) is 5.69 Å². The zero-order valence-corrected chi connectivity index (χ0v) is 16.7. The van der Waals surface area contributed by atoms with Crippen LogP contribution < -0.4 is 25.9 Å². The van der Waals surface area contributed by atoms with Crippen molar-refractivity contribution in [2.45, 2.75) is 25.6 Å². The first-order valence-corrected chi connectivity index (χ1v) is 10.6. The van der Waals surface area contributed by atoms with Gasteiger partial charge in [-0.1, -0.05) is 36.4 Å². The van der Waals surface area contributed by atoms with Gasteiger partial charge in [0.15, 0.2) is 0 Å². The monoisotopic (exact) mass is 405 g/mol. The summed E-state index contributed by atoms with van der Waals surface area (Å²) in [4.78, 5) is 4.60. The summed E-state index contributed by atoms with van der Waals surface area (Å²) in [5, 5.41) is 0. The fourth-order valence-electron chi connectivity index (χ4n) is 4.89. The number of para-hydroxylation sites is 2. The van der Waals surface area contributed by atoms with Crippen LogP contribution in [0.5, 0.6) is 23.0 Å². The van der Waals surface area contributed by atoms with Crippen LogP contribution >= 0.6 is 0 Å². The number of pyridine rings is 1. The van der Waals surface area contributed by atoms with Crippen molar-refractivity contribution in [2.75, 3.05) is 0 Å². The molecule has 3 aromatic carbocycles. The van der Waals surface area contributed by atoms with Crippen LogP contribution in [0.3, 0.4) is 0 Å². The van der Waals surface area contributed by atoms with Crippen LogP contribution in [0.15, 0.2) is 72.9 Å². The molecule has 3 nitrogen and oxygen atoms in total. The highest BCUT2D eigenvalue weighted by Gasteiger charge is 2.40. The Morgan fingerprint density at radius 1 is 0.774 bits per heavy atom. The van der Waals surface area contributed by atoms with E-state index in [1.165, 1.54) is 6.20 Å². The van der Waals surface area contributed by atoms with Gasteiger partial charge in [-0.3, -0.25) is 4.98 Å². The van der Waals surface area contributed by atoms with Crippen molar-refractivity contribution in [3.8, 4) is 34.3 Å². The summed E-state index contributed by atoms with van der Waals surface area (Å²) in [6.07, 6.45) is -1.44. The van der Waals surface area contributed by atoms with E-state index >= 15 is 0 Å². The van der Waals surface area contributed by atoms with E-state index in [-0.39, 0.29) is 19.6 Å². The predicted octanol–water partition coefficient (Wildman–Crippen LogP) is 4.36. The summed E-state index contributed by atoms with van der Waals surface area (Å²) in [5.41, 5.74) is 5.09. The van der Waals surface area contributed by atoms with Gasteiger partial charge >= 0.3 is 0 Å². The van der Waals surface area contributed by atoms with E-state index in [2.05, 4.69) is 17.1 Å². The quantitative estimate of drug-likeness (QED) is 0.381. The highest BCUT2D eigenvalue weighted by atomic mass is 16.5. The topological polar surface area (TPSA) is 31.4 Å². The van der Waals surface area contributed by atoms with Gasteiger partial charge < -0.3 is 9.47 Å². The molecule has 0 N–H and O–H groups in total. The molecule has 7 rings (SSSR count). The van der Waals surface area contributed by atoms with Gasteiger partial charge in [-0.15, -0.1) is 0 Å². The summed E-state index contributed by atoms with van der Waals surface area (Å²) in [6, 6.07) is 21.5. The molecule has 0 amide bonds. The third-order valence-electron chi connectivity index (χ3n) is 6.27. The highest BCUT2D eigenvalue weighted by molar-refractivity contribution is 6.98. The number of ether oxygens (including phenoxy) is 2. The SMILES string of the molecule is [2H]C1([2H])CCC([2H])([2H])c2cc(-c3cccc4c3Oc3cccc5c3B4c3ccccc3O5)ncc21. The van der Waals surface area contributed by atoms with Crippen molar-refractivity contribution in [3.63, 3.8) is 0 Å². The zero-order valence-electron chi connectivity index (χ0n) is 20.7. The Morgan fingerprint density at radius 2 is 1.52 bits per heavy atom. The van der Waals surface area contributed by atoms with Gasteiger partial charge in [-0.2, -0.15) is 0 Å². The third kappa shape index (κ3) is 2.51. The predicted molar refractivity (Wildman–Crippen MR) is 124 cm³/mol. The van der Waals surface area contributed by atoms with Gasteiger partial charge in [-0.05, 0) is 78.0 Å². The van der Waals surface area contributed by atoms with Crippen LogP contribution in [0.25, 0.3) is 11.3 Å². The smallest absolute Gasteiger partial charge is 0.260 e. The minimum absolute atomic E-state index is 0.0620. The van der Waals surface area contributed by atoms with Crippen molar-refractivity contribution in [2.24, 2.45) is 0 Å². The van der Waals surface area contributed by atoms with Crippen molar-refractivity contribution >= 4 is 23.1 Å². The molecule has 4 aromatic rings. The van der Waals surface area contributed by atoms with Crippen LogP contribution in [0.1, 0.15) is 29.5 Å². The summed E-state index contributed by atoms with van der Waals surface area (Å²) in [7, 11) is 0. The molecule has 1 aliphatic carbocycles. The van der Waals surface area contributed by atoms with Gasteiger partial charge in [0.2, 0.25) is 0 Å². The fraction of sp³-hybridized carbons (Fsp3) is 0.148.